The second kappa shape index (κ2) is 6.17. The largest absolute Gasteiger partial charge is 0.385 e. The minimum atomic E-state index is 0.867. The van der Waals surface area contributed by atoms with E-state index in [4.69, 9.17) is 0 Å². The predicted octanol–water partition coefficient (Wildman–Crippen LogP) is 3.57. The smallest absolute Gasteiger partial charge is 0.0372 e. The highest BCUT2D eigenvalue weighted by Gasteiger charge is 2.21. The van der Waals surface area contributed by atoms with Crippen LogP contribution >= 0.6 is 0 Å². The van der Waals surface area contributed by atoms with E-state index >= 15 is 0 Å². The molecule has 0 aliphatic carbocycles. The third-order valence-electron chi connectivity index (χ3n) is 4.77. The molecule has 1 aromatic carbocycles. The van der Waals surface area contributed by atoms with Crippen molar-refractivity contribution in [2.24, 2.45) is 11.8 Å². The molecule has 0 bridgehead atoms. The lowest BCUT2D eigenvalue weighted by atomic mass is 9.91. The Labute approximate surface area is 123 Å². The third-order valence-corrected chi connectivity index (χ3v) is 4.77. The zero-order chi connectivity index (χ0) is 13.9. The first-order valence-corrected chi connectivity index (χ1v) is 8.29. The third kappa shape index (κ3) is 3.35. The molecular formula is C18H28N2. The molecule has 0 radical (unpaired) electrons. The van der Waals surface area contributed by atoms with Gasteiger partial charge in [-0.1, -0.05) is 26.0 Å². The van der Waals surface area contributed by atoms with E-state index in [0.717, 1.165) is 18.4 Å². The van der Waals surface area contributed by atoms with Gasteiger partial charge in [-0.2, -0.15) is 0 Å². The van der Waals surface area contributed by atoms with Gasteiger partial charge in [0.2, 0.25) is 0 Å². The van der Waals surface area contributed by atoms with Crippen molar-refractivity contribution in [1.82, 2.24) is 4.90 Å². The monoisotopic (exact) mass is 272 g/mol. The van der Waals surface area contributed by atoms with E-state index in [2.05, 4.69) is 42.3 Å². The Kier molecular flexibility index (Phi) is 4.30. The van der Waals surface area contributed by atoms with Crippen LogP contribution < -0.4 is 5.32 Å². The maximum absolute atomic E-state index is 3.50. The van der Waals surface area contributed by atoms with Crippen molar-refractivity contribution >= 4 is 5.69 Å². The van der Waals surface area contributed by atoms with Crippen molar-refractivity contribution < 1.29 is 0 Å². The quantitative estimate of drug-likeness (QED) is 0.905. The van der Waals surface area contributed by atoms with E-state index in [1.54, 1.807) is 0 Å². The van der Waals surface area contributed by atoms with Crippen LogP contribution in [0.2, 0.25) is 0 Å². The summed E-state index contributed by atoms with van der Waals surface area (Å²) >= 11 is 0. The van der Waals surface area contributed by atoms with Crippen molar-refractivity contribution in [2.75, 3.05) is 31.5 Å². The number of anilines is 1. The number of fused-ring (bicyclic) bond motifs is 1. The van der Waals surface area contributed by atoms with Crippen molar-refractivity contribution in [3.63, 3.8) is 0 Å². The molecule has 0 spiro atoms. The first-order valence-electron chi connectivity index (χ1n) is 8.29. The number of nitrogens with zero attached hydrogens (tertiary/aromatic N) is 1. The van der Waals surface area contributed by atoms with Crippen LogP contribution in [0.15, 0.2) is 18.2 Å². The molecule has 2 heteroatoms. The lowest BCUT2D eigenvalue weighted by Gasteiger charge is -2.35. The lowest BCUT2D eigenvalue weighted by Crippen LogP contribution is -2.39. The number of nitrogens with one attached hydrogen (secondary N) is 1. The van der Waals surface area contributed by atoms with Crippen molar-refractivity contribution in [3.8, 4) is 0 Å². The van der Waals surface area contributed by atoms with E-state index in [1.165, 1.54) is 62.1 Å². The van der Waals surface area contributed by atoms with E-state index in [0.29, 0.717) is 0 Å². The fourth-order valence-electron chi connectivity index (χ4n) is 3.95. The number of likely N-dealkylation sites (tertiary alicyclic amines) is 1. The highest BCUT2D eigenvalue weighted by Crippen LogP contribution is 2.24. The van der Waals surface area contributed by atoms with E-state index < -0.39 is 0 Å². The van der Waals surface area contributed by atoms with Crippen LogP contribution in [0.4, 0.5) is 5.69 Å². The molecule has 2 nitrogen and oxygen atoms in total. The number of rotatable bonds is 3. The van der Waals surface area contributed by atoms with Gasteiger partial charge < -0.3 is 10.2 Å². The number of benzene rings is 1. The van der Waals surface area contributed by atoms with Crippen LogP contribution in [0.1, 0.15) is 37.8 Å². The average Bonchev–Trinajstić information content (AvgIpc) is 2.44. The topological polar surface area (TPSA) is 15.3 Å². The first-order chi connectivity index (χ1) is 9.70. The van der Waals surface area contributed by atoms with Gasteiger partial charge >= 0.3 is 0 Å². The molecule has 2 heterocycles. The molecule has 2 aliphatic heterocycles. The summed E-state index contributed by atoms with van der Waals surface area (Å²) in [5.74, 6) is 1.73. The number of aryl methyl sites for hydroxylation is 1. The van der Waals surface area contributed by atoms with Gasteiger partial charge in [0.15, 0.2) is 0 Å². The summed E-state index contributed by atoms with van der Waals surface area (Å²) < 4.78 is 0. The number of hydrogen-bond donors (Lipinski definition) is 1. The average molecular weight is 272 g/mol. The van der Waals surface area contributed by atoms with Gasteiger partial charge in [-0.25, -0.2) is 0 Å². The van der Waals surface area contributed by atoms with Crippen molar-refractivity contribution in [1.29, 1.82) is 0 Å². The Morgan fingerprint density at radius 3 is 2.80 bits per heavy atom. The Morgan fingerprint density at radius 1 is 1.20 bits per heavy atom. The molecule has 2 atom stereocenters. The first kappa shape index (κ1) is 13.9. The van der Waals surface area contributed by atoms with Gasteiger partial charge in [-0.3, -0.25) is 0 Å². The molecule has 20 heavy (non-hydrogen) atoms. The fraction of sp³-hybridized carbons (Fsp3) is 0.667. The van der Waals surface area contributed by atoms with Gasteiger partial charge in [0, 0.05) is 31.9 Å². The summed E-state index contributed by atoms with van der Waals surface area (Å²) in [6.45, 7) is 9.73. The molecule has 0 amide bonds. The Balaban J connectivity index is 1.58. The van der Waals surface area contributed by atoms with Gasteiger partial charge in [0.1, 0.15) is 0 Å². The van der Waals surface area contributed by atoms with Gasteiger partial charge in [-0.15, -0.1) is 0 Å². The SMILES string of the molecule is CC1CC(C)CN(CCc2ccc3c(c2)CCCN3)C1. The zero-order valence-corrected chi connectivity index (χ0v) is 13.0. The molecule has 1 aromatic rings. The van der Waals surface area contributed by atoms with Crippen LogP contribution in [-0.2, 0) is 12.8 Å². The molecular weight excluding hydrogens is 244 g/mol. The van der Waals surface area contributed by atoms with E-state index in [-0.39, 0.29) is 0 Å². The molecule has 0 saturated carbocycles. The Bertz CT molecular complexity index is 445. The highest BCUT2D eigenvalue weighted by molar-refractivity contribution is 5.54. The number of hydrogen-bond acceptors (Lipinski definition) is 2. The molecule has 1 N–H and O–H groups in total. The summed E-state index contributed by atoms with van der Waals surface area (Å²) in [5, 5.41) is 3.50. The second-order valence-corrected chi connectivity index (χ2v) is 6.98. The summed E-state index contributed by atoms with van der Waals surface area (Å²) in [4.78, 5) is 2.66. The van der Waals surface area contributed by atoms with E-state index in [1.807, 2.05) is 0 Å². The lowest BCUT2D eigenvalue weighted by molar-refractivity contribution is 0.142. The maximum Gasteiger partial charge on any atom is 0.0372 e. The molecule has 0 aromatic heterocycles. The van der Waals surface area contributed by atoms with Crippen LogP contribution in [0.5, 0.6) is 0 Å². The summed E-state index contributed by atoms with van der Waals surface area (Å²) in [6, 6.07) is 7.03. The normalized spacial score (nSPS) is 26.9. The van der Waals surface area contributed by atoms with Crippen LogP contribution in [0, 0.1) is 11.8 Å². The standard InChI is InChI=1S/C18H28N2/c1-14-10-15(2)13-20(12-14)9-7-16-5-6-18-17(11-16)4-3-8-19-18/h5-6,11,14-15,19H,3-4,7-10,12-13H2,1-2H3. The van der Waals surface area contributed by atoms with Gasteiger partial charge in [-0.05, 0) is 54.7 Å². The van der Waals surface area contributed by atoms with Gasteiger partial charge in [0.25, 0.3) is 0 Å². The van der Waals surface area contributed by atoms with E-state index in [9.17, 15) is 0 Å². The molecule has 3 rings (SSSR count). The Morgan fingerprint density at radius 2 is 2.00 bits per heavy atom. The molecule has 1 saturated heterocycles. The second-order valence-electron chi connectivity index (χ2n) is 6.98. The number of piperidine rings is 1. The van der Waals surface area contributed by atoms with Crippen LogP contribution in [0.3, 0.4) is 0 Å². The summed E-state index contributed by atoms with van der Waals surface area (Å²) in [5.41, 5.74) is 4.40. The molecule has 2 aliphatic rings. The summed E-state index contributed by atoms with van der Waals surface area (Å²) in [6.07, 6.45) is 5.12. The van der Waals surface area contributed by atoms with Gasteiger partial charge in [0.05, 0.1) is 0 Å². The molecule has 2 unspecified atom stereocenters. The maximum atomic E-state index is 3.50. The van der Waals surface area contributed by atoms with Crippen LogP contribution in [0.25, 0.3) is 0 Å². The predicted molar refractivity (Wildman–Crippen MR) is 86.3 cm³/mol. The Hall–Kier alpha value is -1.02. The fourth-order valence-corrected chi connectivity index (χ4v) is 3.95. The summed E-state index contributed by atoms with van der Waals surface area (Å²) in [7, 11) is 0. The minimum Gasteiger partial charge on any atom is -0.385 e. The molecule has 110 valence electrons. The zero-order valence-electron chi connectivity index (χ0n) is 13.0. The molecule has 1 fully saturated rings. The highest BCUT2D eigenvalue weighted by atomic mass is 15.1. The van der Waals surface area contributed by atoms with Crippen molar-refractivity contribution in [2.45, 2.75) is 39.5 Å². The van der Waals surface area contributed by atoms with Crippen LogP contribution in [-0.4, -0.2) is 31.1 Å². The van der Waals surface area contributed by atoms with Crippen molar-refractivity contribution in [3.05, 3.63) is 29.3 Å². The minimum absolute atomic E-state index is 0.867.